The van der Waals surface area contributed by atoms with Gasteiger partial charge in [-0.15, -0.1) is 0 Å². The Morgan fingerprint density at radius 3 is 2.86 bits per heavy atom. The molecule has 1 N–H and O–H groups in total. The van der Waals surface area contributed by atoms with E-state index >= 15 is 0 Å². The zero-order valence-corrected chi connectivity index (χ0v) is 9.51. The Labute approximate surface area is 85.6 Å². The predicted octanol–water partition coefficient (Wildman–Crippen LogP) is 0.504. The van der Waals surface area contributed by atoms with Gasteiger partial charge in [-0.3, -0.25) is 4.84 Å². The van der Waals surface area contributed by atoms with Gasteiger partial charge < -0.3 is 0 Å². The van der Waals surface area contributed by atoms with Crippen molar-refractivity contribution in [2.75, 3.05) is 19.7 Å². The van der Waals surface area contributed by atoms with Crippen molar-refractivity contribution in [3.8, 4) is 0 Å². The Morgan fingerprint density at radius 1 is 1.57 bits per heavy atom. The molecule has 0 aromatic carbocycles. The second-order valence-corrected chi connectivity index (χ2v) is 5.26. The van der Waals surface area contributed by atoms with E-state index in [1.54, 1.807) is 6.92 Å². The van der Waals surface area contributed by atoms with Crippen LogP contribution in [-0.2, 0) is 15.0 Å². The number of hydrogen-bond acceptors (Lipinski definition) is 3. The van der Waals surface area contributed by atoms with Crippen LogP contribution >= 0.6 is 0 Å². The normalized spacial score (nSPS) is 25.1. The number of rotatable bonds is 4. The zero-order valence-electron chi connectivity index (χ0n) is 8.69. The highest BCUT2D eigenvalue weighted by molar-refractivity contribution is 7.87. The van der Waals surface area contributed by atoms with Crippen molar-refractivity contribution in [3.05, 3.63) is 0 Å². The van der Waals surface area contributed by atoms with Gasteiger partial charge in [0.25, 0.3) is 0 Å². The van der Waals surface area contributed by atoms with E-state index in [2.05, 4.69) is 11.8 Å². The third kappa shape index (κ3) is 3.20. The fourth-order valence-electron chi connectivity index (χ4n) is 1.55. The summed E-state index contributed by atoms with van der Waals surface area (Å²) in [5.74, 6) is 0.432. The lowest BCUT2D eigenvalue weighted by Crippen LogP contribution is -2.45. The molecule has 1 rings (SSSR count). The molecule has 0 amide bonds. The van der Waals surface area contributed by atoms with Gasteiger partial charge in [-0.25, -0.2) is 0 Å². The van der Waals surface area contributed by atoms with Crippen LogP contribution < -0.4 is 4.89 Å². The zero-order chi connectivity index (χ0) is 10.6. The second-order valence-electron chi connectivity index (χ2n) is 3.63. The van der Waals surface area contributed by atoms with Crippen LogP contribution in [0.2, 0.25) is 0 Å². The van der Waals surface area contributed by atoms with Crippen molar-refractivity contribution in [3.63, 3.8) is 0 Å². The summed E-state index contributed by atoms with van der Waals surface area (Å²) in [5.41, 5.74) is 0. The lowest BCUT2D eigenvalue weighted by atomic mass is 10.0. The van der Waals surface area contributed by atoms with Gasteiger partial charge in [0.1, 0.15) is 0 Å². The average Bonchev–Trinajstić information content (AvgIpc) is 2.15. The maximum absolute atomic E-state index is 11.6. The van der Waals surface area contributed by atoms with E-state index < -0.39 is 10.2 Å². The smallest absolute Gasteiger partial charge is 0.286 e. The van der Waals surface area contributed by atoms with E-state index in [-0.39, 0.29) is 0 Å². The van der Waals surface area contributed by atoms with E-state index in [0.29, 0.717) is 25.6 Å². The van der Waals surface area contributed by atoms with Crippen LogP contribution in [0.3, 0.4) is 0 Å². The second kappa shape index (κ2) is 5.06. The summed E-state index contributed by atoms with van der Waals surface area (Å²) in [6.45, 7) is 5.31. The minimum atomic E-state index is -3.42. The van der Waals surface area contributed by atoms with Gasteiger partial charge in [-0.05, 0) is 25.7 Å². The standard InChI is InChI=1S/C8H18N2O3S/c1-3-13-9-14(11,12)10-6-4-5-8(2)7-10/h8-9H,3-7H2,1-2H3. The first-order valence-corrected chi connectivity index (χ1v) is 6.39. The molecule has 14 heavy (non-hydrogen) atoms. The van der Waals surface area contributed by atoms with Crippen molar-refractivity contribution in [1.82, 2.24) is 9.19 Å². The number of nitrogens with zero attached hydrogens (tertiary/aromatic N) is 1. The molecule has 1 saturated heterocycles. The van der Waals surface area contributed by atoms with Crippen molar-refractivity contribution in [2.45, 2.75) is 26.7 Å². The predicted molar refractivity (Wildman–Crippen MR) is 53.7 cm³/mol. The monoisotopic (exact) mass is 222 g/mol. The summed E-state index contributed by atoms with van der Waals surface area (Å²) < 4.78 is 24.6. The Bertz CT molecular complexity index is 266. The average molecular weight is 222 g/mol. The first-order chi connectivity index (χ1) is 6.56. The fourth-order valence-corrected chi connectivity index (χ4v) is 2.74. The molecule has 0 aromatic heterocycles. The number of nitrogens with one attached hydrogen (secondary N) is 1. The molecule has 1 aliphatic heterocycles. The number of hydrogen-bond donors (Lipinski definition) is 1. The van der Waals surface area contributed by atoms with E-state index in [1.165, 1.54) is 4.31 Å². The molecular weight excluding hydrogens is 204 g/mol. The van der Waals surface area contributed by atoms with Gasteiger partial charge in [-0.1, -0.05) is 11.8 Å². The SMILES string of the molecule is CCONS(=O)(=O)N1CCCC(C)C1. The van der Waals surface area contributed by atoms with Crippen LogP contribution in [0.25, 0.3) is 0 Å². The van der Waals surface area contributed by atoms with Crippen LogP contribution in [0.1, 0.15) is 26.7 Å². The van der Waals surface area contributed by atoms with E-state index in [4.69, 9.17) is 4.84 Å². The van der Waals surface area contributed by atoms with Crippen molar-refractivity contribution >= 4 is 10.2 Å². The van der Waals surface area contributed by atoms with Gasteiger partial charge in [0, 0.05) is 13.1 Å². The lowest BCUT2D eigenvalue weighted by Gasteiger charge is -2.29. The molecule has 1 fully saturated rings. The van der Waals surface area contributed by atoms with Gasteiger partial charge in [-0.2, -0.15) is 12.7 Å². The van der Waals surface area contributed by atoms with Gasteiger partial charge in [0.2, 0.25) is 0 Å². The van der Waals surface area contributed by atoms with Gasteiger partial charge in [0.05, 0.1) is 6.61 Å². The molecule has 0 radical (unpaired) electrons. The summed E-state index contributed by atoms with van der Waals surface area (Å²) in [7, 11) is -3.42. The molecule has 1 heterocycles. The molecule has 0 bridgehead atoms. The molecule has 84 valence electrons. The molecule has 1 unspecified atom stereocenters. The highest BCUT2D eigenvalue weighted by Crippen LogP contribution is 2.17. The van der Waals surface area contributed by atoms with Crippen LogP contribution in [0.15, 0.2) is 0 Å². The first kappa shape index (κ1) is 11.9. The Morgan fingerprint density at radius 2 is 2.29 bits per heavy atom. The van der Waals surface area contributed by atoms with Gasteiger partial charge in [0.15, 0.2) is 0 Å². The van der Waals surface area contributed by atoms with Crippen molar-refractivity contribution < 1.29 is 13.3 Å². The quantitative estimate of drug-likeness (QED) is 0.705. The highest BCUT2D eigenvalue weighted by atomic mass is 32.2. The molecule has 5 nitrogen and oxygen atoms in total. The Kier molecular flexibility index (Phi) is 4.31. The molecule has 0 saturated carbocycles. The first-order valence-electron chi connectivity index (χ1n) is 4.95. The summed E-state index contributed by atoms with van der Waals surface area (Å²) in [6, 6.07) is 0. The van der Waals surface area contributed by atoms with Gasteiger partial charge >= 0.3 is 10.2 Å². The van der Waals surface area contributed by atoms with Crippen LogP contribution in [0.5, 0.6) is 0 Å². The maximum Gasteiger partial charge on any atom is 0.301 e. The van der Waals surface area contributed by atoms with Crippen LogP contribution in [-0.4, -0.2) is 32.4 Å². The van der Waals surface area contributed by atoms with Crippen LogP contribution in [0, 0.1) is 5.92 Å². The van der Waals surface area contributed by atoms with E-state index in [1.807, 2.05) is 0 Å². The summed E-state index contributed by atoms with van der Waals surface area (Å²) in [5, 5.41) is 0. The highest BCUT2D eigenvalue weighted by Gasteiger charge is 2.26. The van der Waals surface area contributed by atoms with Crippen molar-refractivity contribution in [1.29, 1.82) is 0 Å². The summed E-state index contributed by atoms with van der Waals surface area (Å²) >= 11 is 0. The molecule has 0 aliphatic carbocycles. The fraction of sp³-hybridized carbons (Fsp3) is 1.00. The van der Waals surface area contributed by atoms with Crippen molar-refractivity contribution in [2.24, 2.45) is 5.92 Å². The maximum atomic E-state index is 11.6. The summed E-state index contributed by atoms with van der Waals surface area (Å²) in [6.07, 6.45) is 2.02. The van der Waals surface area contributed by atoms with E-state index in [0.717, 1.165) is 12.8 Å². The summed E-state index contributed by atoms with van der Waals surface area (Å²) in [4.78, 5) is 6.80. The lowest BCUT2D eigenvalue weighted by molar-refractivity contribution is 0.0973. The van der Waals surface area contributed by atoms with E-state index in [9.17, 15) is 8.42 Å². The topological polar surface area (TPSA) is 58.6 Å². The molecule has 0 spiro atoms. The third-order valence-electron chi connectivity index (χ3n) is 2.27. The molecule has 6 heteroatoms. The third-order valence-corrected chi connectivity index (χ3v) is 3.61. The minimum absolute atomic E-state index is 0.336. The molecule has 0 aromatic rings. The minimum Gasteiger partial charge on any atom is -0.286 e. The molecular formula is C8H18N2O3S. The van der Waals surface area contributed by atoms with Crippen LogP contribution in [0.4, 0.5) is 0 Å². The molecule has 1 aliphatic rings. The number of piperidine rings is 1. The molecule has 1 atom stereocenters. The Hall–Kier alpha value is -0.170. The largest absolute Gasteiger partial charge is 0.301 e. The Balaban J connectivity index is 2.53.